The number of phenolic OH excluding ortho intramolecular Hbond substituents is 2. The maximum atomic E-state index is 10.9. The summed E-state index contributed by atoms with van der Waals surface area (Å²) in [4.78, 5) is 0. The summed E-state index contributed by atoms with van der Waals surface area (Å²) >= 11 is 0. The van der Waals surface area contributed by atoms with Crippen molar-refractivity contribution in [1.82, 2.24) is 4.57 Å². The number of benzene rings is 4. The van der Waals surface area contributed by atoms with E-state index in [4.69, 9.17) is 0 Å². The van der Waals surface area contributed by atoms with Crippen LogP contribution in [0.1, 0.15) is 0 Å². The molecule has 0 saturated carbocycles. The van der Waals surface area contributed by atoms with Crippen molar-refractivity contribution in [2.24, 2.45) is 0 Å². The van der Waals surface area contributed by atoms with Crippen molar-refractivity contribution in [2.75, 3.05) is 0 Å². The van der Waals surface area contributed by atoms with Crippen molar-refractivity contribution in [2.45, 2.75) is 0 Å². The number of aromatic nitrogens is 1. The van der Waals surface area contributed by atoms with Crippen LogP contribution in [0.15, 0.2) is 103 Å². The largest absolute Gasteiger partial charge is 0.508 e. The molecule has 0 radical (unpaired) electrons. The lowest BCUT2D eigenvalue weighted by molar-refractivity contribution is 0.455. The predicted molar refractivity (Wildman–Crippen MR) is 117 cm³/mol. The summed E-state index contributed by atoms with van der Waals surface area (Å²) in [6, 6.07) is 33.3. The van der Waals surface area contributed by atoms with E-state index in [1.807, 2.05) is 78.9 Å². The summed E-state index contributed by atoms with van der Waals surface area (Å²) in [5.41, 5.74) is 5.67. The van der Waals surface area contributed by atoms with Gasteiger partial charge in [-0.2, -0.15) is 0 Å². The number of hydrogen-bond acceptors (Lipinski definition) is 2. The lowest BCUT2D eigenvalue weighted by atomic mass is 9.98. The van der Waals surface area contributed by atoms with Gasteiger partial charge >= 0.3 is 0 Å². The molecule has 0 aliphatic heterocycles. The van der Waals surface area contributed by atoms with E-state index in [1.54, 1.807) is 6.07 Å². The SMILES string of the molecule is Oc1cc(O)c2c(-c3ccccc3)c(-c3ccccc3)n(-c3ccccc3)c2c1. The number of hydrogen-bond donors (Lipinski definition) is 2. The quantitative estimate of drug-likeness (QED) is 0.383. The molecule has 0 spiro atoms. The first kappa shape index (κ1) is 17.1. The monoisotopic (exact) mass is 377 g/mol. The highest BCUT2D eigenvalue weighted by Crippen LogP contribution is 2.46. The van der Waals surface area contributed by atoms with Crippen molar-refractivity contribution in [3.05, 3.63) is 103 Å². The van der Waals surface area contributed by atoms with Gasteiger partial charge in [0, 0.05) is 23.4 Å². The van der Waals surface area contributed by atoms with Crippen LogP contribution in [0.2, 0.25) is 0 Å². The van der Waals surface area contributed by atoms with Gasteiger partial charge in [-0.25, -0.2) is 0 Å². The molecule has 0 aliphatic rings. The first-order chi connectivity index (χ1) is 14.2. The van der Waals surface area contributed by atoms with Crippen LogP contribution in [-0.2, 0) is 0 Å². The normalized spacial score (nSPS) is 11.0. The molecule has 0 amide bonds. The van der Waals surface area contributed by atoms with Crippen molar-refractivity contribution >= 4 is 10.9 Å². The number of rotatable bonds is 3. The summed E-state index contributed by atoms with van der Waals surface area (Å²) < 4.78 is 2.10. The molecule has 0 fully saturated rings. The van der Waals surface area contributed by atoms with Crippen molar-refractivity contribution in [1.29, 1.82) is 0 Å². The van der Waals surface area contributed by atoms with E-state index in [2.05, 4.69) is 16.7 Å². The van der Waals surface area contributed by atoms with Gasteiger partial charge in [0.25, 0.3) is 0 Å². The van der Waals surface area contributed by atoms with Gasteiger partial charge in [0.15, 0.2) is 0 Å². The molecule has 4 aromatic carbocycles. The Morgan fingerprint density at radius 3 is 1.76 bits per heavy atom. The van der Waals surface area contributed by atoms with Crippen LogP contribution in [0.5, 0.6) is 11.5 Å². The Kier molecular flexibility index (Phi) is 4.07. The van der Waals surface area contributed by atoms with Crippen molar-refractivity contribution in [3.63, 3.8) is 0 Å². The molecule has 1 aromatic heterocycles. The molecule has 1 heterocycles. The van der Waals surface area contributed by atoms with Crippen molar-refractivity contribution < 1.29 is 10.2 Å². The molecule has 3 heteroatoms. The van der Waals surface area contributed by atoms with Crippen LogP contribution in [0.25, 0.3) is 39.0 Å². The van der Waals surface area contributed by atoms with Gasteiger partial charge in [0.05, 0.1) is 16.6 Å². The smallest absolute Gasteiger partial charge is 0.129 e. The van der Waals surface area contributed by atoms with Crippen LogP contribution < -0.4 is 0 Å². The zero-order valence-electron chi connectivity index (χ0n) is 15.7. The molecule has 0 bridgehead atoms. The Hall–Kier alpha value is -3.98. The zero-order valence-corrected chi connectivity index (χ0v) is 15.7. The van der Waals surface area contributed by atoms with Crippen LogP contribution in [-0.4, -0.2) is 14.8 Å². The summed E-state index contributed by atoms with van der Waals surface area (Å²) in [6.07, 6.45) is 0. The van der Waals surface area contributed by atoms with Crippen LogP contribution in [0.4, 0.5) is 0 Å². The molecule has 0 unspecified atom stereocenters. The number of fused-ring (bicyclic) bond motifs is 1. The van der Waals surface area contributed by atoms with Crippen molar-refractivity contribution in [3.8, 4) is 39.6 Å². The molecular formula is C26H19NO2. The standard InChI is InChI=1S/C26H19NO2/c28-21-16-22-25(23(29)17-21)24(18-10-4-1-5-11-18)26(19-12-6-2-7-13-19)27(22)20-14-8-3-9-15-20/h1-17,28-29H. The molecule has 140 valence electrons. The van der Waals surface area contributed by atoms with E-state index in [0.717, 1.165) is 39.0 Å². The van der Waals surface area contributed by atoms with E-state index < -0.39 is 0 Å². The zero-order chi connectivity index (χ0) is 19.8. The average molecular weight is 377 g/mol. The maximum Gasteiger partial charge on any atom is 0.129 e. The number of aromatic hydroxyl groups is 2. The highest BCUT2D eigenvalue weighted by atomic mass is 16.3. The predicted octanol–water partition coefficient (Wildman–Crippen LogP) is 6.38. The molecule has 2 N–H and O–H groups in total. The van der Waals surface area contributed by atoms with Gasteiger partial charge in [0.2, 0.25) is 0 Å². The van der Waals surface area contributed by atoms with E-state index in [-0.39, 0.29) is 11.5 Å². The molecule has 0 atom stereocenters. The first-order valence-corrected chi connectivity index (χ1v) is 9.50. The lowest BCUT2D eigenvalue weighted by Crippen LogP contribution is -1.97. The minimum absolute atomic E-state index is 0.0314. The van der Waals surface area contributed by atoms with Gasteiger partial charge in [0.1, 0.15) is 11.5 Å². The molecule has 5 rings (SSSR count). The second-order valence-corrected chi connectivity index (χ2v) is 6.99. The van der Waals surface area contributed by atoms with Crippen LogP contribution in [0, 0.1) is 0 Å². The number of nitrogens with zero attached hydrogens (tertiary/aromatic N) is 1. The highest BCUT2D eigenvalue weighted by molar-refractivity contribution is 6.09. The van der Waals surface area contributed by atoms with Gasteiger partial charge in [-0.3, -0.25) is 0 Å². The van der Waals surface area contributed by atoms with Gasteiger partial charge in [-0.15, -0.1) is 0 Å². The van der Waals surface area contributed by atoms with E-state index >= 15 is 0 Å². The minimum atomic E-state index is 0.0314. The van der Waals surface area contributed by atoms with Gasteiger partial charge < -0.3 is 14.8 Å². The topological polar surface area (TPSA) is 45.4 Å². The van der Waals surface area contributed by atoms with E-state index in [1.165, 1.54) is 6.07 Å². The summed E-state index contributed by atoms with van der Waals surface area (Å²) in [7, 11) is 0. The second-order valence-electron chi connectivity index (χ2n) is 6.99. The Bertz CT molecular complexity index is 1290. The molecule has 29 heavy (non-hydrogen) atoms. The number of para-hydroxylation sites is 1. The third-order valence-corrected chi connectivity index (χ3v) is 5.16. The van der Waals surface area contributed by atoms with Crippen LogP contribution in [0.3, 0.4) is 0 Å². The molecule has 3 nitrogen and oxygen atoms in total. The van der Waals surface area contributed by atoms with Crippen LogP contribution >= 0.6 is 0 Å². The maximum absolute atomic E-state index is 10.9. The Balaban J connectivity index is 2.02. The fourth-order valence-electron chi connectivity index (χ4n) is 3.98. The highest BCUT2D eigenvalue weighted by Gasteiger charge is 2.23. The first-order valence-electron chi connectivity index (χ1n) is 9.50. The number of phenols is 2. The Labute approximate surface area is 168 Å². The minimum Gasteiger partial charge on any atom is -0.508 e. The third-order valence-electron chi connectivity index (χ3n) is 5.16. The summed E-state index contributed by atoms with van der Waals surface area (Å²) in [5.74, 6) is 0.0922. The van der Waals surface area contributed by atoms with E-state index in [0.29, 0.717) is 0 Å². The average Bonchev–Trinajstić information content (AvgIpc) is 3.11. The molecule has 5 aromatic rings. The Morgan fingerprint density at radius 2 is 1.14 bits per heavy atom. The Morgan fingerprint density at radius 1 is 0.586 bits per heavy atom. The summed E-state index contributed by atoms with van der Waals surface area (Å²) in [5, 5.41) is 21.8. The fraction of sp³-hybridized carbons (Fsp3) is 0. The lowest BCUT2D eigenvalue weighted by Gasteiger charge is -2.13. The summed E-state index contributed by atoms with van der Waals surface area (Å²) in [6.45, 7) is 0. The van der Waals surface area contributed by atoms with Gasteiger partial charge in [-0.1, -0.05) is 78.9 Å². The molecule has 0 saturated heterocycles. The fourth-order valence-corrected chi connectivity index (χ4v) is 3.98. The second kappa shape index (κ2) is 6.88. The molecule has 0 aliphatic carbocycles. The molecular weight excluding hydrogens is 358 g/mol. The van der Waals surface area contributed by atoms with E-state index in [9.17, 15) is 10.2 Å². The third kappa shape index (κ3) is 2.84. The van der Waals surface area contributed by atoms with Gasteiger partial charge in [-0.05, 0) is 23.3 Å².